The molecule has 0 bridgehead atoms. The van der Waals surface area contributed by atoms with Crippen LogP contribution in [0.3, 0.4) is 0 Å². The second-order valence-electron chi connectivity index (χ2n) is 15.8. The van der Waals surface area contributed by atoms with Crippen LogP contribution in [0.2, 0.25) is 0 Å². The first-order valence-electron chi connectivity index (χ1n) is 20.4. The zero-order chi connectivity index (χ0) is 38.7. The molecule has 13 rings (SSSR count). The van der Waals surface area contributed by atoms with Gasteiger partial charge in [0.05, 0.1) is 16.8 Å². The van der Waals surface area contributed by atoms with Crippen molar-refractivity contribution in [3.63, 3.8) is 0 Å². The molecule has 2 heterocycles. The molecule has 0 N–H and O–H groups in total. The fourth-order valence-electron chi connectivity index (χ4n) is 10.3. The highest BCUT2D eigenvalue weighted by Crippen LogP contribution is 2.65. The van der Waals surface area contributed by atoms with Crippen molar-refractivity contribution in [1.29, 1.82) is 0 Å². The monoisotopic (exact) mass is 757 g/mol. The molecule has 4 heteroatoms. The number of para-hydroxylation sites is 3. The maximum Gasteiger partial charge on any atom is 0.194 e. The first-order chi connectivity index (χ1) is 29.3. The molecule has 278 valence electrons. The van der Waals surface area contributed by atoms with Gasteiger partial charge in [-0.2, -0.15) is 0 Å². The third-order valence-corrected chi connectivity index (χ3v) is 12.8. The Kier molecular flexibility index (Phi) is 6.74. The highest BCUT2D eigenvalue weighted by Gasteiger charge is 2.52. The van der Waals surface area contributed by atoms with Crippen LogP contribution in [0.25, 0.3) is 55.3 Å². The molecule has 1 spiro atoms. The molecule has 0 fully saturated rings. The van der Waals surface area contributed by atoms with Crippen LogP contribution in [0.5, 0.6) is 23.0 Å². The molecular weight excluding hydrogens is 723 g/mol. The highest BCUT2D eigenvalue weighted by atomic mass is 16.6. The Hall–Kier alpha value is -7.56. The van der Waals surface area contributed by atoms with Gasteiger partial charge < -0.3 is 18.8 Å². The van der Waals surface area contributed by atoms with E-state index in [9.17, 15) is 0 Å². The lowest BCUT2D eigenvalue weighted by atomic mass is 9.70. The molecule has 0 saturated carbocycles. The number of fused-ring (bicyclic) bond motifs is 15. The Balaban J connectivity index is 0.984. The SMILES string of the molecule is C1=CC(N(c2ccccc2-c2ccc3c(c2)oc2ccccc23)c2cccc3c2Oc2cc4c(cc2O3)-c2ccccc2C42c3ccccc3-c3ccccc32)=CCC1. The lowest BCUT2D eigenvalue weighted by molar-refractivity contribution is 0.360. The van der Waals surface area contributed by atoms with E-state index >= 15 is 0 Å². The topological polar surface area (TPSA) is 34.8 Å². The normalized spacial score (nSPS) is 14.7. The van der Waals surface area contributed by atoms with Gasteiger partial charge >= 0.3 is 0 Å². The van der Waals surface area contributed by atoms with Crippen molar-refractivity contribution < 1.29 is 13.9 Å². The summed E-state index contributed by atoms with van der Waals surface area (Å²) in [6.07, 6.45) is 8.75. The van der Waals surface area contributed by atoms with Crippen molar-refractivity contribution in [3.8, 4) is 56.4 Å². The van der Waals surface area contributed by atoms with E-state index in [0.717, 1.165) is 63.0 Å². The first kappa shape index (κ1) is 32.5. The van der Waals surface area contributed by atoms with Crippen LogP contribution in [0.4, 0.5) is 11.4 Å². The number of nitrogens with zero attached hydrogens (tertiary/aromatic N) is 1. The summed E-state index contributed by atoms with van der Waals surface area (Å²) >= 11 is 0. The summed E-state index contributed by atoms with van der Waals surface area (Å²) in [5, 5.41) is 2.23. The number of allylic oxidation sites excluding steroid dienone is 3. The Bertz CT molecular complexity index is 3260. The van der Waals surface area contributed by atoms with Gasteiger partial charge in [0, 0.05) is 22.0 Å². The van der Waals surface area contributed by atoms with E-state index in [0.29, 0.717) is 23.0 Å². The molecule has 59 heavy (non-hydrogen) atoms. The molecule has 1 aliphatic heterocycles. The van der Waals surface area contributed by atoms with Crippen LogP contribution in [0, 0.1) is 0 Å². The van der Waals surface area contributed by atoms with Crippen molar-refractivity contribution in [2.45, 2.75) is 18.3 Å². The van der Waals surface area contributed by atoms with Crippen LogP contribution in [0.15, 0.2) is 198 Å². The van der Waals surface area contributed by atoms with Crippen molar-refractivity contribution in [3.05, 3.63) is 216 Å². The summed E-state index contributed by atoms with van der Waals surface area (Å²) in [5.41, 5.74) is 16.5. The molecule has 0 atom stereocenters. The summed E-state index contributed by atoms with van der Waals surface area (Å²) < 4.78 is 20.5. The average molecular weight is 758 g/mol. The lowest BCUT2D eigenvalue weighted by Crippen LogP contribution is -2.26. The molecule has 4 nitrogen and oxygen atoms in total. The predicted molar refractivity (Wildman–Crippen MR) is 237 cm³/mol. The van der Waals surface area contributed by atoms with Crippen LogP contribution < -0.4 is 14.4 Å². The number of hydrogen-bond donors (Lipinski definition) is 0. The maximum atomic E-state index is 7.21. The average Bonchev–Trinajstić information content (AvgIpc) is 3.92. The minimum atomic E-state index is -0.485. The van der Waals surface area contributed by atoms with E-state index in [-0.39, 0.29) is 0 Å². The van der Waals surface area contributed by atoms with Gasteiger partial charge in [-0.15, -0.1) is 0 Å². The van der Waals surface area contributed by atoms with Gasteiger partial charge in [0.25, 0.3) is 0 Å². The minimum Gasteiger partial charge on any atom is -0.456 e. The second-order valence-corrected chi connectivity index (χ2v) is 15.8. The molecule has 1 aromatic heterocycles. The molecule has 4 aliphatic rings. The Morgan fingerprint density at radius 3 is 1.85 bits per heavy atom. The third kappa shape index (κ3) is 4.49. The number of benzene rings is 8. The molecular formula is C55H35NO3. The molecule has 0 unspecified atom stereocenters. The van der Waals surface area contributed by atoms with Gasteiger partial charge in [-0.1, -0.05) is 133 Å². The van der Waals surface area contributed by atoms with Crippen LogP contribution >= 0.6 is 0 Å². The summed E-state index contributed by atoms with van der Waals surface area (Å²) in [4.78, 5) is 2.33. The van der Waals surface area contributed by atoms with Crippen molar-refractivity contribution >= 4 is 33.3 Å². The Morgan fingerprint density at radius 2 is 1.08 bits per heavy atom. The Labute approximate surface area is 341 Å². The van der Waals surface area contributed by atoms with E-state index < -0.39 is 5.41 Å². The quantitative estimate of drug-likeness (QED) is 0.179. The van der Waals surface area contributed by atoms with Crippen molar-refractivity contribution in [1.82, 2.24) is 0 Å². The van der Waals surface area contributed by atoms with Gasteiger partial charge in [0.2, 0.25) is 0 Å². The number of furan rings is 1. The fraction of sp³-hybridized carbons (Fsp3) is 0.0545. The zero-order valence-electron chi connectivity index (χ0n) is 32.0. The zero-order valence-corrected chi connectivity index (χ0v) is 32.0. The molecule has 0 amide bonds. The largest absolute Gasteiger partial charge is 0.456 e. The second kappa shape index (κ2) is 12.2. The van der Waals surface area contributed by atoms with E-state index in [1.807, 2.05) is 18.2 Å². The third-order valence-electron chi connectivity index (χ3n) is 12.8. The summed E-state index contributed by atoms with van der Waals surface area (Å²) in [7, 11) is 0. The number of ether oxygens (including phenoxy) is 2. The van der Waals surface area contributed by atoms with Crippen LogP contribution in [-0.4, -0.2) is 0 Å². The van der Waals surface area contributed by atoms with E-state index in [1.165, 1.54) is 44.5 Å². The van der Waals surface area contributed by atoms with E-state index in [4.69, 9.17) is 13.9 Å². The minimum absolute atomic E-state index is 0.485. The van der Waals surface area contributed by atoms with Gasteiger partial charge in [-0.05, 0) is 118 Å². The van der Waals surface area contributed by atoms with Crippen molar-refractivity contribution in [2.24, 2.45) is 0 Å². The summed E-state index contributed by atoms with van der Waals surface area (Å²) in [6.45, 7) is 0. The molecule has 3 aliphatic carbocycles. The van der Waals surface area contributed by atoms with Gasteiger partial charge in [0.15, 0.2) is 23.0 Å². The standard InChI is InChI=1S/C55H35NO3/c1-2-15-35(16-3-1)56(47-25-12-7-17-36(47)34-29-30-41-40-21-8-13-27-49(40)57-51(41)31-34)48-26-14-28-50-54(48)59-53-33-46-42(32-52(53)58-50)39-20-6-11-24-45(39)55(46)43-22-9-4-18-37(43)38-19-5-10-23-44(38)55/h2,4-33H,1,3H2. The molecule has 9 aromatic rings. The smallest absolute Gasteiger partial charge is 0.194 e. The van der Waals surface area contributed by atoms with E-state index in [2.05, 4.69) is 175 Å². The molecule has 0 radical (unpaired) electrons. The van der Waals surface area contributed by atoms with E-state index in [1.54, 1.807) is 0 Å². The maximum absolute atomic E-state index is 7.21. The first-order valence-corrected chi connectivity index (χ1v) is 20.4. The summed E-state index contributed by atoms with van der Waals surface area (Å²) in [5.74, 6) is 2.77. The van der Waals surface area contributed by atoms with Gasteiger partial charge in [-0.3, -0.25) is 0 Å². The predicted octanol–water partition coefficient (Wildman–Crippen LogP) is 14.9. The van der Waals surface area contributed by atoms with Gasteiger partial charge in [-0.25, -0.2) is 0 Å². The lowest BCUT2D eigenvalue weighted by Gasteiger charge is -2.33. The molecule has 8 aromatic carbocycles. The van der Waals surface area contributed by atoms with Gasteiger partial charge in [0.1, 0.15) is 11.2 Å². The molecule has 0 saturated heterocycles. The fourth-order valence-corrected chi connectivity index (χ4v) is 10.3. The van der Waals surface area contributed by atoms with Crippen LogP contribution in [-0.2, 0) is 5.41 Å². The number of hydrogen-bond acceptors (Lipinski definition) is 4. The highest BCUT2D eigenvalue weighted by molar-refractivity contribution is 6.06. The number of anilines is 2. The van der Waals surface area contributed by atoms with Crippen LogP contribution in [0.1, 0.15) is 35.1 Å². The van der Waals surface area contributed by atoms with Crippen molar-refractivity contribution in [2.75, 3.05) is 4.90 Å². The Morgan fingerprint density at radius 1 is 0.441 bits per heavy atom. The number of rotatable bonds is 4. The summed E-state index contributed by atoms with van der Waals surface area (Å²) in [6, 6.07) is 60.7.